The second-order valence-corrected chi connectivity index (χ2v) is 16.9. The van der Waals surface area contributed by atoms with E-state index in [1.165, 1.54) is 6.42 Å². The van der Waals surface area contributed by atoms with Crippen molar-refractivity contribution in [2.75, 3.05) is 11.5 Å². The Morgan fingerprint density at radius 3 is 2.29 bits per heavy atom. The highest BCUT2D eigenvalue weighted by Gasteiger charge is 2.31. The number of carbonyl (C=O) groups excluding carboxylic acids is 1. The zero-order valence-corrected chi connectivity index (χ0v) is 26.7. The average molecular weight is 635 g/mol. The number of sulfone groups is 1. The van der Waals surface area contributed by atoms with Gasteiger partial charge < -0.3 is 5.32 Å². The molecule has 1 saturated heterocycles. The van der Waals surface area contributed by atoms with Crippen LogP contribution in [0.2, 0.25) is 5.02 Å². The Kier molecular flexibility index (Phi) is 8.78. The van der Waals surface area contributed by atoms with E-state index in [1.807, 2.05) is 12.1 Å². The van der Waals surface area contributed by atoms with Crippen molar-refractivity contribution in [2.45, 2.75) is 88.6 Å². The van der Waals surface area contributed by atoms with Crippen molar-refractivity contribution < 1.29 is 21.6 Å². The predicted molar refractivity (Wildman–Crippen MR) is 166 cm³/mol. The number of halogens is 1. The molecule has 42 heavy (non-hydrogen) atoms. The lowest BCUT2D eigenvalue weighted by molar-refractivity contribution is 0.0929. The van der Waals surface area contributed by atoms with Crippen LogP contribution >= 0.6 is 11.6 Å². The van der Waals surface area contributed by atoms with Gasteiger partial charge >= 0.3 is 0 Å². The number of nitrogens with zero attached hydrogens (tertiary/aromatic N) is 2. The van der Waals surface area contributed by atoms with E-state index in [1.54, 1.807) is 49.7 Å². The van der Waals surface area contributed by atoms with Crippen LogP contribution in [0.1, 0.15) is 81.9 Å². The van der Waals surface area contributed by atoms with E-state index < -0.39 is 31.3 Å². The molecule has 0 radical (unpaired) electrons. The van der Waals surface area contributed by atoms with Crippen LogP contribution in [0.25, 0.3) is 16.5 Å². The molecule has 1 aliphatic heterocycles. The molecule has 228 valence electrons. The lowest BCUT2D eigenvalue weighted by Crippen LogP contribution is -2.41. The predicted octanol–water partition coefficient (Wildman–Crippen LogP) is 5.19. The van der Waals surface area contributed by atoms with Gasteiger partial charge in [0.25, 0.3) is 5.91 Å². The van der Waals surface area contributed by atoms with E-state index in [2.05, 4.69) is 10.0 Å². The first-order valence-electron chi connectivity index (χ1n) is 14.6. The number of carbonyl (C=O) groups is 1. The monoisotopic (exact) mass is 634 g/mol. The van der Waals surface area contributed by atoms with Crippen molar-refractivity contribution in [3.8, 4) is 5.69 Å². The van der Waals surface area contributed by atoms with Crippen LogP contribution in [0.4, 0.5) is 0 Å². The quantitative estimate of drug-likeness (QED) is 0.368. The number of sulfonamides is 1. The van der Waals surface area contributed by atoms with Gasteiger partial charge in [-0.05, 0) is 58.1 Å². The second kappa shape index (κ2) is 11.9. The average Bonchev–Trinajstić information content (AvgIpc) is 3.24. The molecular formula is C30H39ClN4O5S2. The zero-order valence-electron chi connectivity index (χ0n) is 24.3. The van der Waals surface area contributed by atoms with Gasteiger partial charge in [-0.15, -0.1) is 0 Å². The molecule has 2 aliphatic rings. The number of hydrogen-bond donors (Lipinski definition) is 2. The maximum Gasteiger partial charge on any atom is 0.273 e. The molecule has 0 unspecified atom stereocenters. The van der Waals surface area contributed by atoms with Crippen molar-refractivity contribution in [3.05, 3.63) is 52.8 Å². The van der Waals surface area contributed by atoms with Gasteiger partial charge in [-0.1, -0.05) is 68.0 Å². The molecular weight excluding hydrogens is 596 g/mol. The van der Waals surface area contributed by atoms with Gasteiger partial charge in [0.1, 0.15) is 9.84 Å². The molecule has 2 heterocycles. The smallest absolute Gasteiger partial charge is 0.273 e. The summed E-state index contributed by atoms with van der Waals surface area (Å²) in [5.74, 6) is 0.0374. The van der Waals surface area contributed by atoms with Crippen molar-refractivity contribution in [1.29, 1.82) is 0 Å². The number of rotatable bonds is 7. The summed E-state index contributed by atoms with van der Waals surface area (Å²) in [6.07, 6.45) is 6.97. The summed E-state index contributed by atoms with van der Waals surface area (Å²) >= 11 is 6.94. The molecule has 5 rings (SSSR count). The van der Waals surface area contributed by atoms with Gasteiger partial charge in [-0.25, -0.2) is 26.2 Å². The largest absolute Gasteiger partial charge is 0.348 e. The molecule has 2 N–H and O–H groups in total. The molecule has 12 heteroatoms. The maximum absolute atomic E-state index is 13.5. The summed E-state index contributed by atoms with van der Waals surface area (Å²) in [4.78, 5) is 13.6. The molecule has 0 atom stereocenters. The first-order valence-corrected chi connectivity index (χ1v) is 18.3. The number of benzene rings is 2. The fraction of sp³-hybridized carbons (Fsp3) is 0.533. The van der Waals surface area contributed by atoms with Crippen molar-refractivity contribution >= 4 is 48.1 Å². The summed E-state index contributed by atoms with van der Waals surface area (Å²) in [6.45, 7) is 5.38. The van der Waals surface area contributed by atoms with Gasteiger partial charge in [0, 0.05) is 22.4 Å². The third-order valence-electron chi connectivity index (χ3n) is 8.05. The number of hydrogen-bond acceptors (Lipinski definition) is 6. The molecule has 1 saturated carbocycles. The van der Waals surface area contributed by atoms with E-state index in [0.29, 0.717) is 47.3 Å². The Labute approximate surface area is 253 Å². The van der Waals surface area contributed by atoms with Crippen LogP contribution in [0, 0.1) is 5.92 Å². The van der Waals surface area contributed by atoms with Gasteiger partial charge in [-0.2, -0.15) is 5.10 Å². The summed E-state index contributed by atoms with van der Waals surface area (Å²) in [5, 5.41) is 9.16. The van der Waals surface area contributed by atoms with Crippen LogP contribution in [-0.4, -0.2) is 55.6 Å². The Bertz CT molecular complexity index is 1690. The van der Waals surface area contributed by atoms with Gasteiger partial charge in [0.15, 0.2) is 5.69 Å². The first kappa shape index (κ1) is 31.0. The molecule has 3 aromatic rings. The lowest BCUT2D eigenvalue weighted by Gasteiger charge is -2.23. The van der Waals surface area contributed by atoms with Crippen LogP contribution in [-0.2, 0) is 26.3 Å². The van der Waals surface area contributed by atoms with E-state index in [-0.39, 0.29) is 33.2 Å². The molecule has 1 aromatic heterocycles. The second-order valence-electron chi connectivity index (χ2n) is 12.6. The van der Waals surface area contributed by atoms with Crippen molar-refractivity contribution in [2.24, 2.45) is 5.92 Å². The molecule has 0 bridgehead atoms. The van der Waals surface area contributed by atoms with Gasteiger partial charge in [0.2, 0.25) is 10.0 Å². The summed E-state index contributed by atoms with van der Waals surface area (Å²) in [6, 6.07) is 10.3. The third kappa shape index (κ3) is 6.85. The van der Waals surface area contributed by atoms with Gasteiger partial charge in [0.05, 0.1) is 32.8 Å². The highest BCUT2D eigenvalue weighted by molar-refractivity contribution is 7.91. The Morgan fingerprint density at radius 2 is 1.64 bits per heavy atom. The van der Waals surface area contributed by atoms with Crippen LogP contribution < -0.4 is 10.0 Å². The molecule has 9 nitrogen and oxygen atoms in total. The fourth-order valence-corrected chi connectivity index (χ4v) is 9.44. The van der Waals surface area contributed by atoms with Crippen molar-refractivity contribution in [3.63, 3.8) is 0 Å². The normalized spacial score (nSPS) is 18.8. The number of nitrogens with one attached hydrogen (secondary N) is 2. The minimum absolute atomic E-state index is 0.0400. The van der Waals surface area contributed by atoms with Crippen LogP contribution in [0.15, 0.2) is 41.3 Å². The number of aromatic nitrogens is 2. The van der Waals surface area contributed by atoms with E-state index in [9.17, 15) is 21.6 Å². The molecule has 2 aromatic carbocycles. The Hall–Kier alpha value is -2.47. The fourth-order valence-electron chi connectivity index (χ4n) is 6.04. The van der Waals surface area contributed by atoms with E-state index in [4.69, 9.17) is 16.7 Å². The highest BCUT2D eigenvalue weighted by atomic mass is 35.5. The Morgan fingerprint density at radius 1 is 1.00 bits per heavy atom. The number of fused-ring (bicyclic) bond motifs is 1. The highest BCUT2D eigenvalue weighted by Crippen LogP contribution is 2.35. The zero-order chi connectivity index (χ0) is 30.3. The SMILES string of the molecule is CC(C)(C)NS(=O)(=O)c1ccc(-n2nc(C(=O)NC3CCS(=O)(=O)CC3)c(Cl)c2CC2CCCCC2)c2ccccc12. The van der Waals surface area contributed by atoms with E-state index >= 15 is 0 Å². The standard InChI is InChI=1S/C30H39ClN4O5S2/c1-30(2,3)34-42(39,40)26-14-13-24(22-11-7-8-12-23(22)26)35-25(19-20-9-5-4-6-10-20)27(31)28(33-35)29(36)32-21-15-17-41(37,38)18-16-21/h7-8,11-14,20-21,34H,4-6,9-10,15-19H2,1-3H3,(H,32,36). The summed E-state index contributed by atoms with van der Waals surface area (Å²) < 4.78 is 54.9. The molecule has 2 fully saturated rings. The van der Waals surface area contributed by atoms with Gasteiger partial charge in [-0.3, -0.25) is 4.79 Å². The summed E-state index contributed by atoms with van der Waals surface area (Å²) in [5.41, 5.74) is 0.780. The van der Waals surface area contributed by atoms with E-state index in [0.717, 1.165) is 25.7 Å². The minimum atomic E-state index is -3.83. The third-order valence-corrected chi connectivity index (χ3v) is 12.0. The topological polar surface area (TPSA) is 127 Å². The lowest BCUT2D eigenvalue weighted by atomic mass is 9.86. The molecule has 1 aliphatic carbocycles. The first-order chi connectivity index (χ1) is 19.7. The van der Waals surface area contributed by atoms with Crippen molar-refractivity contribution in [1.82, 2.24) is 19.8 Å². The van der Waals surface area contributed by atoms with Crippen LogP contribution in [0.5, 0.6) is 0 Å². The van der Waals surface area contributed by atoms with Crippen LogP contribution in [0.3, 0.4) is 0 Å². The summed E-state index contributed by atoms with van der Waals surface area (Å²) in [7, 11) is -6.90. The number of amides is 1. The minimum Gasteiger partial charge on any atom is -0.348 e. The molecule has 1 amide bonds. The maximum atomic E-state index is 13.5. The Balaban J connectivity index is 1.58. The molecule has 0 spiro atoms.